The number of likely N-dealkylation sites (tertiary alicyclic amines) is 1. The fraction of sp³-hybridized carbons (Fsp3) is 0.923. The van der Waals surface area contributed by atoms with Crippen LogP contribution in [-0.2, 0) is 4.79 Å². The summed E-state index contributed by atoms with van der Waals surface area (Å²) in [6.07, 6.45) is 2.47. The molecular weight excluding hydrogens is 228 g/mol. The Kier molecular flexibility index (Phi) is 5.41. The number of carbonyl (C=O) groups excluding carboxylic acids is 1. The smallest absolute Gasteiger partial charge is 0.233 e. The average molecular weight is 254 g/mol. The summed E-state index contributed by atoms with van der Waals surface area (Å²) in [5.74, 6) is 0.958. The van der Waals surface area contributed by atoms with Gasteiger partial charge in [0.25, 0.3) is 0 Å². The zero-order chi connectivity index (χ0) is 12.8. The average Bonchev–Trinajstić information content (AvgIpc) is 2.42. The minimum atomic E-state index is 0.135. The third-order valence-electron chi connectivity index (χ3n) is 4.08. The van der Waals surface area contributed by atoms with E-state index in [1.54, 1.807) is 7.05 Å². The van der Waals surface area contributed by atoms with E-state index in [-0.39, 0.29) is 5.91 Å². The van der Waals surface area contributed by atoms with Gasteiger partial charge in [-0.2, -0.15) is 0 Å². The van der Waals surface area contributed by atoms with Crippen LogP contribution in [0.2, 0.25) is 0 Å². The van der Waals surface area contributed by atoms with Crippen LogP contribution in [0.15, 0.2) is 0 Å². The van der Waals surface area contributed by atoms with E-state index in [4.69, 9.17) is 0 Å². The van der Waals surface area contributed by atoms with Crippen LogP contribution in [0.5, 0.6) is 0 Å². The second kappa shape index (κ2) is 7.07. The highest BCUT2D eigenvalue weighted by Crippen LogP contribution is 2.18. The molecule has 18 heavy (non-hydrogen) atoms. The van der Waals surface area contributed by atoms with E-state index in [0.29, 0.717) is 6.54 Å². The molecule has 0 saturated carbocycles. The molecule has 5 nitrogen and oxygen atoms in total. The Morgan fingerprint density at radius 2 is 1.83 bits per heavy atom. The molecule has 2 aliphatic heterocycles. The van der Waals surface area contributed by atoms with Gasteiger partial charge in [-0.05, 0) is 31.8 Å². The summed E-state index contributed by atoms with van der Waals surface area (Å²) in [6, 6.07) is 0. The molecule has 2 rings (SSSR count). The second-order valence-electron chi connectivity index (χ2n) is 5.44. The van der Waals surface area contributed by atoms with Gasteiger partial charge in [-0.3, -0.25) is 9.69 Å². The molecule has 0 aromatic rings. The van der Waals surface area contributed by atoms with E-state index in [2.05, 4.69) is 20.4 Å². The number of carbonyl (C=O) groups is 1. The Hall–Kier alpha value is -0.650. The lowest BCUT2D eigenvalue weighted by molar-refractivity contribution is -0.122. The quantitative estimate of drug-likeness (QED) is 0.700. The number of amides is 1. The lowest BCUT2D eigenvalue weighted by Crippen LogP contribution is -2.47. The Bertz CT molecular complexity index is 258. The fourth-order valence-corrected chi connectivity index (χ4v) is 2.87. The maximum atomic E-state index is 11.3. The first kappa shape index (κ1) is 13.8. The van der Waals surface area contributed by atoms with E-state index in [9.17, 15) is 4.79 Å². The molecule has 0 atom stereocenters. The first-order valence-corrected chi connectivity index (χ1v) is 7.14. The zero-order valence-electron chi connectivity index (χ0n) is 11.5. The van der Waals surface area contributed by atoms with E-state index in [0.717, 1.165) is 32.1 Å². The molecule has 2 fully saturated rings. The third kappa shape index (κ3) is 4.23. The highest BCUT2D eigenvalue weighted by molar-refractivity contribution is 5.77. The van der Waals surface area contributed by atoms with E-state index in [1.807, 2.05) is 0 Å². The van der Waals surface area contributed by atoms with Crippen molar-refractivity contribution >= 4 is 5.91 Å². The van der Waals surface area contributed by atoms with Crippen LogP contribution in [0.1, 0.15) is 12.8 Å². The summed E-state index contributed by atoms with van der Waals surface area (Å²) < 4.78 is 0. The van der Waals surface area contributed by atoms with Crippen LogP contribution < -0.4 is 10.6 Å². The molecule has 0 radical (unpaired) electrons. The number of piperazine rings is 1. The second-order valence-corrected chi connectivity index (χ2v) is 5.44. The summed E-state index contributed by atoms with van der Waals surface area (Å²) >= 11 is 0. The molecule has 2 aliphatic rings. The molecule has 2 saturated heterocycles. The Morgan fingerprint density at radius 1 is 1.17 bits per heavy atom. The van der Waals surface area contributed by atoms with Gasteiger partial charge >= 0.3 is 0 Å². The predicted octanol–water partition coefficient (Wildman–Crippen LogP) is -0.650. The number of nitrogens with one attached hydrogen (secondary N) is 2. The van der Waals surface area contributed by atoms with Crippen LogP contribution in [0.4, 0.5) is 0 Å². The molecule has 0 bridgehead atoms. The number of piperidine rings is 1. The molecular formula is C13H26N4O. The van der Waals surface area contributed by atoms with E-state index in [1.165, 1.54) is 32.5 Å². The van der Waals surface area contributed by atoms with Crippen molar-refractivity contribution in [2.24, 2.45) is 5.92 Å². The van der Waals surface area contributed by atoms with Gasteiger partial charge < -0.3 is 15.5 Å². The molecule has 1 amide bonds. The molecule has 0 aromatic heterocycles. The number of hydrogen-bond donors (Lipinski definition) is 2. The van der Waals surface area contributed by atoms with Crippen molar-refractivity contribution in [1.82, 2.24) is 20.4 Å². The summed E-state index contributed by atoms with van der Waals surface area (Å²) in [5.41, 5.74) is 0. The lowest BCUT2D eigenvalue weighted by atomic mass is 9.96. The van der Waals surface area contributed by atoms with Gasteiger partial charge in [0, 0.05) is 39.8 Å². The van der Waals surface area contributed by atoms with Gasteiger partial charge in [-0.15, -0.1) is 0 Å². The molecule has 2 N–H and O–H groups in total. The number of nitrogens with zero attached hydrogens (tertiary/aromatic N) is 2. The third-order valence-corrected chi connectivity index (χ3v) is 4.08. The summed E-state index contributed by atoms with van der Waals surface area (Å²) in [7, 11) is 1.71. The van der Waals surface area contributed by atoms with Crippen LogP contribution in [0.25, 0.3) is 0 Å². The van der Waals surface area contributed by atoms with Crippen LogP contribution in [0, 0.1) is 5.92 Å². The van der Waals surface area contributed by atoms with Crippen molar-refractivity contribution in [3.8, 4) is 0 Å². The lowest BCUT2D eigenvalue weighted by Gasteiger charge is -2.35. The predicted molar refractivity (Wildman–Crippen MR) is 72.5 cm³/mol. The van der Waals surface area contributed by atoms with Gasteiger partial charge in [0.05, 0.1) is 6.54 Å². The molecule has 0 aromatic carbocycles. The van der Waals surface area contributed by atoms with Crippen molar-refractivity contribution in [2.45, 2.75) is 12.8 Å². The van der Waals surface area contributed by atoms with E-state index >= 15 is 0 Å². The van der Waals surface area contributed by atoms with Crippen molar-refractivity contribution in [1.29, 1.82) is 0 Å². The van der Waals surface area contributed by atoms with Gasteiger partial charge in [0.2, 0.25) is 5.91 Å². The Morgan fingerprint density at radius 3 is 2.44 bits per heavy atom. The van der Waals surface area contributed by atoms with Crippen LogP contribution >= 0.6 is 0 Å². The summed E-state index contributed by atoms with van der Waals surface area (Å²) in [6.45, 7) is 8.61. The minimum absolute atomic E-state index is 0.135. The largest absolute Gasteiger partial charge is 0.358 e. The minimum Gasteiger partial charge on any atom is -0.358 e. The number of hydrogen-bond acceptors (Lipinski definition) is 4. The van der Waals surface area contributed by atoms with Crippen molar-refractivity contribution < 1.29 is 4.79 Å². The highest BCUT2D eigenvalue weighted by Gasteiger charge is 2.22. The van der Waals surface area contributed by atoms with Crippen molar-refractivity contribution in [3.63, 3.8) is 0 Å². The van der Waals surface area contributed by atoms with Gasteiger partial charge in [-0.25, -0.2) is 0 Å². The van der Waals surface area contributed by atoms with Crippen LogP contribution in [-0.4, -0.2) is 75.1 Å². The standard InChI is InChI=1S/C13H26N4O/c1-14-13(18)11-16-6-2-12(3-7-16)10-17-8-4-15-5-9-17/h12,15H,2-11H2,1H3,(H,14,18). The monoisotopic (exact) mass is 254 g/mol. The van der Waals surface area contributed by atoms with Crippen molar-refractivity contribution in [2.75, 3.05) is 59.4 Å². The van der Waals surface area contributed by atoms with Gasteiger partial charge in [-0.1, -0.05) is 0 Å². The van der Waals surface area contributed by atoms with E-state index < -0.39 is 0 Å². The zero-order valence-corrected chi connectivity index (χ0v) is 11.5. The summed E-state index contributed by atoms with van der Waals surface area (Å²) in [4.78, 5) is 16.2. The maximum Gasteiger partial charge on any atom is 0.233 e. The Balaban J connectivity index is 1.65. The first-order valence-electron chi connectivity index (χ1n) is 7.14. The molecule has 104 valence electrons. The maximum absolute atomic E-state index is 11.3. The summed E-state index contributed by atoms with van der Waals surface area (Å²) in [5, 5.41) is 6.09. The van der Waals surface area contributed by atoms with Gasteiger partial charge in [0.15, 0.2) is 0 Å². The fourth-order valence-electron chi connectivity index (χ4n) is 2.87. The SMILES string of the molecule is CNC(=O)CN1CCC(CN2CCNCC2)CC1. The first-order chi connectivity index (χ1) is 8.78. The molecule has 0 aliphatic carbocycles. The molecule has 0 spiro atoms. The number of rotatable bonds is 4. The topological polar surface area (TPSA) is 47.6 Å². The highest BCUT2D eigenvalue weighted by atomic mass is 16.1. The number of likely N-dealkylation sites (N-methyl/N-ethyl adjacent to an activating group) is 1. The molecule has 5 heteroatoms. The normalized spacial score (nSPS) is 24.1. The van der Waals surface area contributed by atoms with Crippen molar-refractivity contribution in [3.05, 3.63) is 0 Å². The molecule has 0 unspecified atom stereocenters. The Labute approximate surface area is 110 Å². The van der Waals surface area contributed by atoms with Gasteiger partial charge in [0.1, 0.15) is 0 Å². The van der Waals surface area contributed by atoms with Crippen LogP contribution in [0.3, 0.4) is 0 Å². The molecule has 2 heterocycles.